The molecule has 0 aromatic heterocycles. The monoisotopic (exact) mass is 340 g/mol. The fourth-order valence-corrected chi connectivity index (χ4v) is 3.71. The summed E-state index contributed by atoms with van der Waals surface area (Å²) in [6.07, 6.45) is 0.0552. The molecule has 1 aromatic carbocycles. The van der Waals surface area contributed by atoms with E-state index in [0.29, 0.717) is 0 Å². The third-order valence-electron chi connectivity index (χ3n) is 3.39. The molecular formula is C16H21O6P. The number of benzene rings is 1. The van der Waals surface area contributed by atoms with Gasteiger partial charge in [0.2, 0.25) is 0 Å². The minimum absolute atomic E-state index is 0.111. The van der Waals surface area contributed by atoms with Gasteiger partial charge >= 0.3 is 13.8 Å². The van der Waals surface area contributed by atoms with E-state index in [-0.39, 0.29) is 18.0 Å². The van der Waals surface area contributed by atoms with Crippen LogP contribution in [0.4, 0.5) is 0 Å². The van der Waals surface area contributed by atoms with Crippen molar-refractivity contribution in [2.24, 2.45) is 0 Å². The lowest BCUT2D eigenvalue weighted by atomic mass is 10.1. The first-order chi connectivity index (χ1) is 10.8. The molecule has 0 saturated carbocycles. The van der Waals surface area contributed by atoms with Crippen molar-refractivity contribution < 1.29 is 27.7 Å². The summed E-state index contributed by atoms with van der Waals surface area (Å²) in [7, 11) is -3.66. The summed E-state index contributed by atoms with van der Waals surface area (Å²) in [4.78, 5) is 11.9. The van der Waals surface area contributed by atoms with Crippen LogP contribution in [0.15, 0.2) is 42.2 Å². The van der Waals surface area contributed by atoms with Gasteiger partial charge in [-0.2, -0.15) is 0 Å². The highest BCUT2D eigenvalue weighted by atomic mass is 31.2. The van der Waals surface area contributed by atoms with Crippen molar-refractivity contribution in [2.45, 2.75) is 46.0 Å². The second kappa shape index (κ2) is 7.30. The van der Waals surface area contributed by atoms with Gasteiger partial charge in [0, 0.05) is 0 Å². The van der Waals surface area contributed by atoms with E-state index in [1.165, 1.54) is 6.92 Å². The number of carbonyl (C=O) groups is 1. The Bertz CT molecular complexity index is 613. The normalized spacial score (nSPS) is 29.1. The predicted octanol–water partition coefficient (Wildman–Crippen LogP) is 4.14. The number of hydrogen-bond acceptors (Lipinski definition) is 6. The molecule has 3 atom stereocenters. The Hall–Kier alpha value is -1.62. The number of ether oxygens (including phenoxy) is 1. The minimum Gasteiger partial charge on any atom is -0.455 e. The largest absolute Gasteiger partial charge is 0.530 e. The molecule has 0 bridgehead atoms. The fraction of sp³-hybridized carbons (Fsp3) is 0.438. The maximum Gasteiger partial charge on any atom is 0.530 e. The van der Waals surface area contributed by atoms with Crippen molar-refractivity contribution in [3.05, 3.63) is 47.7 Å². The SMILES string of the molecule is C/C(=C/C(=O)OC(C)c1ccccc1)OP1(=O)OC(C)C(C)O1. The second-order valence-corrected chi connectivity index (χ2v) is 6.90. The number of rotatable bonds is 5. The molecule has 0 N–H and O–H groups in total. The Balaban J connectivity index is 1.93. The van der Waals surface area contributed by atoms with Crippen molar-refractivity contribution in [3.8, 4) is 0 Å². The zero-order chi connectivity index (χ0) is 17.0. The van der Waals surface area contributed by atoms with E-state index >= 15 is 0 Å². The summed E-state index contributed by atoms with van der Waals surface area (Å²) in [6, 6.07) is 9.36. The van der Waals surface area contributed by atoms with Gasteiger partial charge in [0.15, 0.2) is 0 Å². The highest BCUT2D eigenvalue weighted by molar-refractivity contribution is 7.48. The van der Waals surface area contributed by atoms with Gasteiger partial charge in [-0.1, -0.05) is 30.3 Å². The van der Waals surface area contributed by atoms with E-state index in [1.807, 2.05) is 30.3 Å². The third-order valence-corrected chi connectivity index (χ3v) is 5.08. The van der Waals surface area contributed by atoms with Crippen LogP contribution in [0, 0.1) is 0 Å². The van der Waals surface area contributed by atoms with Crippen LogP contribution in [0.25, 0.3) is 0 Å². The van der Waals surface area contributed by atoms with E-state index in [1.54, 1.807) is 20.8 Å². The summed E-state index contributed by atoms with van der Waals surface area (Å²) < 4.78 is 33.0. The quantitative estimate of drug-likeness (QED) is 0.347. The summed E-state index contributed by atoms with van der Waals surface area (Å²) in [5, 5.41) is 0. The Kier molecular flexibility index (Phi) is 5.63. The van der Waals surface area contributed by atoms with E-state index in [2.05, 4.69) is 0 Å². The lowest BCUT2D eigenvalue weighted by Crippen LogP contribution is -2.13. The van der Waals surface area contributed by atoms with E-state index in [9.17, 15) is 9.36 Å². The van der Waals surface area contributed by atoms with Crippen molar-refractivity contribution in [3.63, 3.8) is 0 Å². The first-order valence-electron chi connectivity index (χ1n) is 7.39. The van der Waals surface area contributed by atoms with Crippen LogP contribution in [0.5, 0.6) is 0 Å². The molecule has 23 heavy (non-hydrogen) atoms. The van der Waals surface area contributed by atoms with Gasteiger partial charge in [-0.05, 0) is 33.3 Å². The molecule has 7 heteroatoms. The molecule has 1 fully saturated rings. The average Bonchev–Trinajstić information content (AvgIpc) is 2.71. The standard InChI is InChI=1S/C16H21O6P/c1-11(20-23(18)21-12(2)13(3)22-23)10-16(17)19-14(4)15-8-6-5-7-9-15/h5-10,12-14H,1-4H3/b11-10-. The highest BCUT2D eigenvalue weighted by Crippen LogP contribution is 2.58. The van der Waals surface area contributed by atoms with Gasteiger partial charge < -0.3 is 9.26 Å². The third kappa shape index (κ3) is 4.93. The molecule has 1 saturated heterocycles. The number of carbonyl (C=O) groups excluding carboxylic acids is 1. The second-order valence-electron chi connectivity index (χ2n) is 5.40. The topological polar surface area (TPSA) is 71.1 Å². The molecule has 0 amide bonds. The van der Waals surface area contributed by atoms with Crippen molar-refractivity contribution in [1.29, 1.82) is 0 Å². The van der Waals surface area contributed by atoms with E-state index in [4.69, 9.17) is 18.3 Å². The van der Waals surface area contributed by atoms with E-state index in [0.717, 1.165) is 11.6 Å². The van der Waals surface area contributed by atoms with Gasteiger partial charge in [-0.3, -0.25) is 9.05 Å². The lowest BCUT2D eigenvalue weighted by Gasteiger charge is -2.14. The van der Waals surface area contributed by atoms with Crippen molar-refractivity contribution in [2.75, 3.05) is 0 Å². The molecule has 1 aromatic rings. The van der Waals surface area contributed by atoms with Crippen LogP contribution in [0.2, 0.25) is 0 Å². The molecule has 0 spiro atoms. The van der Waals surface area contributed by atoms with Crippen LogP contribution in [-0.4, -0.2) is 18.2 Å². The van der Waals surface area contributed by atoms with Gasteiger partial charge in [0.1, 0.15) is 11.9 Å². The Labute approximate surface area is 136 Å². The van der Waals surface area contributed by atoms with Crippen LogP contribution in [-0.2, 0) is 27.7 Å². The van der Waals surface area contributed by atoms with Gasteiger partial charge in [-0.15, -0.1) is 0 Å². The zero-order valence-electron chi connectivity index (χ0n) is 13.6. The van der Waals surface area contributed by atoms with Crippen LogP contribution in [0.3, 0.4) is 0 Å². The molecule has 0 radical (unpaired) electrons. The van der Waals surface area contributed by atoms with Gasteiger partial charge in [-0.25, -0.2) is 9.36 Å². The number of phosphoric ester groups is 1. The first-order valence-corrected chi connectivity index (χ1v) is 8.85. The van der Waals surface area contributed by atoms with Crippen LogP contribution >= 0.6 is 7.82 Å². The molecule has 2 rings (SSSR count). The highest BCUT2D eigenvalue weighted by Gasteiger charge is 2.43. The van der Waals surface area contributed by atoms with Crippen LogP contribution < -0.4 is 0 Å². The zero-order valence-corrected chi connectivity index (χ0v) is 14.5. The average molecular weight is 340 g/mol. The number of hydrogen-bond donors (Lipinski definition) is 0. The molecule has 126 valence electrons. The number of esters is 1. The molecular weight excluding hydrogens is 319 g/mol. The summed E-state index contributed by atoms with van der Waals surface area (Å²) in [5.41, 5.74) is 0.880. The van der Waals surface area contributed by atoms with Crippen LogP contribution in [0.1, 0.15) is 39.4 Å². The summed E-state index contributed by atoms with van der Waals surface area (Å²) >= 11 is 0. The molecule has 0 aliphatic carbocycles. The fourth-order valence-electron chi connectivity index (χ4n) is 2.02. The van der Waals surface area contributed by atoms with Gasteiger partial charge in [0.05, 0.1) is 18.3 Å². The summed E-state index contributed by atoms with van der Waals surface area (Å²) in [6.45, 7) is 6.74. The smallest absolute Gasteiger partial charge is 0.455 e. The molecule has 6 nitrogen and oxygen atoms in total. The number of allylic oxidation sites excluding steroid dienone is 1. The predicted molar refractivity (Wildman–Crippen MR) is 84.5 cm³/mol. The maximum atomic E-state index is 12.2. The van der Waals surface area contributed by atoms with Crippen molar-refractivity contribution in [1.82, 2.24) is 0 Å². The molecule has 1 aliphatic rings. The molecule has 1 aliphatic heterocycles. The molecule has 3 unspecified atom stereocenters. The van der Waals surface area contributed by atoms with Gasteiger partial charge in [0.25, 0.3) is 0 Å². The Morgan fingerprint density at radius 3 is 2.35 bits per heavy atom. The Morgan fingerprint density at radius 2 is 1.78 bits per heavy atom. The summed E-state index contributed by atoms with van der Waals surface area (Å²) in [5.74, 6) is -0.481. The maximum absolute atomic E-state index is 12.2. The minimum atomic E-state index is -3.66. The first kappa shape index (κ1) is 17.7. The lowest BCUT2D eigenvalue weighted by molar-refractivity contribution is -0.142. The molecule has 1 heterocycles. The van der Waals surface area contributed by atoms with E-state index < -0.39 is 19.9 Å². The number of phosphoric acid groups is 1. The van der Waals surface area contributed by atoms with Crippen molar-refractivity contribution >= 4 is 13.8 Å². The Morgan fingerprint density at radius 1 is 1.22 bits per heavy atom.